The highest BCUT2D eigenvalue weighted by Crippen LogP contribution is 2.22. The Morgan fingerprint density at radius 3 is 2.50 bits per heavy atom. The van der Waals surface area contributed by atoms with Crippen LogP contribution in [0.15, 0.2) is 48.5 Å². The molecule has 0 saturated carbocycles. The number of methoxy groups -OCH3 is 1. The normalized spacial score (nSPS) is 12.0. The molecular weight excluding hydrogens is 281 g/mol. The Kier molecular flexibility index (Phi) is 5.78. The number of halogens is 1. The van der Waals surface area contributed by atoms with Gasteiger partial charge in [0.05, 0.1) is 13.2 Å². The third-order valence-electron chi connectivity index (χ3n) is 3.61. The number of rotatable bonds is 7. The number of hydrogen-bond acceptors (Lipinski definition) is 3. The van der Waals surface area contributed by atoms with Gasteiger partial charge in [0.25, 0.3) is 0 Å². The second kappa shape index (κ2) is 7.80. The first-order valence-electron chi connectivity index (χ1n) is 7.44. The van der Waals surface area contributed by atoms with Crippen molar-refractivity contribution in [1.82, 2.24) is 0 Å². The van der Waals surface area contributed by atoms with Gasteiger partial charge in [-0.1, -0.05) is 31.2 Å². The van der Waals surface area contributed by atoms with Crippen LogP contribution in [0, 0.1) is 5.82 Å². The topological polar surface area (TPSA) is 32.7 Å². The zero-order valence-corrected chi connectivity index (χ0v) is 13.0. The summed E-state index contributed by atoms with van der Waals surface area (Å²) < 4.78 is 18.8. The lowest BCUT2D eigenvalue weighted by Crippen LogP contribution is -2.31. The molecule has 0 fully saturated rings. The van der Waals surface area contributed by atoms with Crippen molar-refractivity contribution in [3.8, 4) is 5.75 Å². The summed E-state index contributed by atoms with van der Waals surface area (Å²) >= 11 is 0. The lowest BCUT2D eigenvalue weighted by molar-refractivity contribution is 0.175. The average Bonchev–Trinajstić information content (AvgIpc) is 2.55. The van der Waals surface area contributed by atoms with Gasteiger partial charge in [-0.2, -0.15) is 0 Å². The van der Waals surface area contributed by atoms with E-state index in [9.17, 15) is 9.50 Å². The van der Waals surface area contributed by atoms with E-state index in [1.807, 2.05) is 43.3 Å². The number of anilines is 1. The molecule has 2 rings (SSSR count). The lowest BCUT2D eigenvalue weighted by Gasteiger charge is -2.27. The van der Waals surface area contributed by atoms with E-state index in [-0.39, 0.29) is 11.6 Å². The Hall–Kier alpha value is -2.07. The molecule has 3 nitrogen and oxygen atoms in total. The van der Waals surface area contributed by atoms with Crippen molar-refractivity contribution in [2.24, 2.45) is 0 Å². The number of para-hydroxylation sites is 1. The molecule has 0 saturated heterocycles. The lowest BCUT2D eigenvalue weighted by atomic mass is 10.1. The Labute approximate surface area is 131 Å². The van der Waals surface area contributed by atoms with E-state index in [1.54, 1.807) is 6.07 Å². The smallest absolute Gasteiger partial charge is 0.165 e. The predicted octanol–water partition coefficient (Wildman–Crippen LogP) is 3.61. The third-order valence-corrected chi connectivity index (χ3v) is 3.61. The van der Waals surface area contributed by atoms with Crippen LogP contribution in [0.5, 0.6) is 5.75 Å². The van der Waals surface area contributed by atoms with Crippen molar-refractivity contribution in [2.45, 2.75) is 26.0 Å². The molecule has 22 heavy (non-hydrogen) atoms. The maximum absolute atomic E-state index is 13.8. The number of hydrogen-bond donors (Lipinski definition) is 1. The fourth-order valence-corrected chi connectivity index (χ4v) is 2.31. The first kappa shape index (κ1) is 16.3. The fraction of sp³-hybridized carbons (Fsp3) is 0.333. The Balaban J connectivity index is 2.20. The number of benzene rings is 2. The van der Waals surface area contributed by atoms with Crippen molar-refractivity contribution >= 4 is 5.69 Å². The summed E-state index contributed by atoms with van der Waals surface area (Å²) in [5, 5.41) is 9.97. The summed E-state index contributed by atoms with van der Waals surface area (Å²) in [6.07, 6.45) is 0.267. The molecule has 0 heterocycles. The molecular formula is C18H22FNO2. The van der Waals surface area contributed by atoms with Crippen LogP contribution in [0.2, 0.25) is 0 Å². The number of aliphatic hydroxyl groups excluding tert-OH is 1. The molecule has 0 aliphatic rings. The predicted molar refractivity (Wildman–Crippen MR) is 86.7 cm³/mol. The molecule has 4 heteroatoms. The fourth-order valence-electron chi connectivity index (χ4n) is 2.31. The Morgan fingerprint density at radius 1 is 1.18 bits per heavy atom. The maximum atomic E-state index is 13.8. The van der Waals surface area contributed by atoms with Gasteiger partial charge < -0.3 is 14.7 Å². The molecule has 118 valence electrons. The van der Waals surface area contributed by atoms with Gasteiger partial charge in [0.2, 0.25) is 0 Å². The van der Waals surface area contributed by atoms with E-state index in [2.05, 4.69) is 4.90 Å². The van der Waals surface area contributed by atoms with Gasteiger partial charge >= 0.3 is 0 Å². The molecule has 0 aliphatic heterocycles. The minimum absolute atomic E-state index is 0.239. The number of nitrogens with zero attached hydrogens (tertiary/aromatic N) is 1. The Morgan fingerprint density at radius 2 is 1.91 bits per heavy atom. The zero-order valence-electron chi connectivity index (χ0n) is 13.0. The van der Waals surface area contributed by atoms with Gasteiger partial charge in [0.1, 0.15) is 0 Å². The van der Waals surface area contributed by atoms with E-state index < -0.39 is 6.10 Å². The monoisotopic (exact) mass is 303 g/mol. The molecule has 0 aromatic heterocycles. The van der Waals surface area contributed by atoms with Gasteiger partial charge in [0, 0.05) is 18.8 Å². The van der Waals surface area contributed by atoms with Gasteiger partial charge in [-0.3, -0.25) is 0 Å². The quantitative estimate of drug-likeness (QED) is 0.848. The number of aliphatic hydroxyl groups is 1. The van der Waals surface area contributed by atoms with Crippen molar-refractivity contribution in [3.05, 3.63) is 59.9 Å². The number of ether oxygens (including phenoxy) is 1. The standard InChI is InChI=1S/C18H22FNO2/c1-3-16(21)13-20(15-7-5-4-6-8-15)12-14-9-10-18(22-2)17(19)11-14/h4-11,16,21H,3,12-13H2,1-2H3. The van der Waals surface area contributed by atoms with Crippen LogP contribution in [0.4, 0.5) is 10.1 Å². The molecule has 0 aliphatic carbocycles. The van der Waals surface area contributed by atoms with Crippen LogP contribution in [-0.2, 0) is 6.54 Å². The summed E-state index contributed by atoms with van der Waals surface area (Å²) in [7, 11) is 1.45. The van der Waals surface area contributed by atoms with Crippen molar-refractivity contribution in [1.29, 1.82) is 0 Å². The van der Waals surface area contributed by atoms with Gasteiger partial charge in [-0.05, 0) is 36.2 Å². The second-order valence-electron chi connectivity index (χ2n) is 5.25. The van der Waals surface area contributed by atoms with E-state index in [1.165, 1.54) is 13.2 Å². The molecule has 1 N–H and O–H groups in total. The highest BCUT2D eigenvalue weighted by atomic mass is 19.1. The third kappa shape index (κ3) is 4.21. The van der Waals surface area contributed by atoms with Crippen LogP contribution in [0.1, 0.15) is 18.9 Å². The molecule has 1 unspecified atom stereocenters. The van der Waals surface area contributed by atoms with Gasteiger partial charge in [-0.25, -0.2) is 4.39 Å². The SMILES string of the molecule is CCC(O)CN(Cc1ccc(OC)c(F)c1)c1ccccc1. The first-order chi connectivity index (χ1) is 10.6. The van der Waals surface area contributed by atoms with Crippen LogP contribution >= 0.6 is 0 Å². The molecule has 2 aromatic rings. The maximum Gasteiger partial charge on any atom is 0.165 e. The summed E-state index contributed by atoms with van der Waals surface area (Å²) in [6.45, 7) is 2.98. The van der Waals surface area contributed by atoms with Crippen LogP contribution in [-0.4, -0.2) is 24.9 Å². The summed E-state index contributed by atoms with van der Waals surface area (Å²) in [6, 6.07) is 14.8. The minimum atomic E-state index is -0.414. The molecule has 0 radical (unpaired) electrons. The first-order valence-corrected chi connectivity index (χ1v) is 7.44. The largest absolute Gasteiger partial charge is 0.494 e. The van der Waals surface area contributed by atoms with E-state index in [0.717, 1.165) is 11.3 Å². The summed E-state index contributed by atoms with van der Waals surface area (Å²) in [4.78, 5) is 2.05. The molecule has 2 aromatic carbocycles. The van der Waals surface area contributed by atoms with Crippen LogP contribution in [0.25, 0.3) is 0 Å². The van der Waals surface area contributed by atoms with Gasteiger partial charge in [0.15, 0.2) is 11.6 Å². The van der Waals surface area contributed by atoms with Crippen molar-refractivity contribution < 1.29 is 14.2 Å². The van der Waals surface area contributed by atoms with Crippen molar-refractivity contribution in [2.75, 3.05) is 18.6 Å². The summed E-state index contributed by atoms with van der Waals surface area (Å²) in [5.74, 6) is -0.132. The molecule has 1 atom stereocenters. The van der Waals surface area contributed by atoms with E-state index in [4.69, 9.17) is 4.74 Å². The second-order valence-corrected chi connectivity index (χ2v) is 5.25. The van der Waals surface area contributed by atoms with Crippen molar-refractivity contribution in [3.63, 3.8) is 0 Å². The highest BCUT2D eigenvalue weighted by molar-refractivity contribution is 5.47. The highest BCUT2D eigenvalue weighted by Gasteiger charge is 2.13. The molecule has 0 amide bonds. The van der Waals surface area contributed by atoms with Crippen LogP contribution < -0.4 is 9.64 Å². The van der Waals surface area contributed by atoms with E-state index >= 15 is 0 Å². The minimum Gasteiger partial charge on any atom is -0.494 e. The van der Waals surface area contributed by atoms with E-state index in [0.29, 0.717) is 19.5 Å². The van der Waals surface area contributed by atoms with Gasteiger partial charge in [-0.15, -0.1) is 0 Å². The zero-order chi connectivity index (χ0) is 15.9. The molecule has 0 bridgehead atoms. The molecule has 0 spiro atoms. The average molecular weight is 303 g/mol. The van der Waals surface area contributed by atoms with Crippen LogP contribution in [0.3, 0.4) is 0 Å². The summed E-state index contributed by atoms with van der Waals surface area (Å²) in [5.41, 5.74) is 1.84. The Bertz CT molecular complexity index is 589.